The fraction of sp³-hybridized carbons (Fsp3) is 0.250. The van der Waals surface area contributed by atoms with Gasteiger partial charge in [-0.3, -0.25) is 0 Å². The summed E-state index contributed by atoms with van der Waals surface area (Å²) in [6, 6.07) is 41.0. The summed E-state index contributed by atoms with van der Waals surface area (Å²) in [5.41, 5.74) is 15.9. The zero-order valence-corrected chi connectivity index (χ0v) is 30.0. The van der Waals surface area contributed by atoms with E-state index >= 15 is 0 Å². The highest BCUT2D eigenvalue weighted by Crippen LogP contribution is 2.59. The molecule has 242 valence electrons. The molecule has 1 heteroatoms. The van der Waals surface area contributed by atoms with Crippen molar-refractivity contribution in [3.63, 3.8) is 0 Å². The molecule has 1 atom stereocenters. The van der Waals surface area contributed by atoms with E-state index in [4.69, 9.17) is 4.74 Å². The standard InChI is InChI=1S/C48H44O/c1-29-17-23-37-40(27-29)47(7,8)43-38-25-26-48(31-20-18-30(19-21-31)45(2,3)4,49-44(38)36-15-10-9-14-35(36)42(37)43)32-22-24-34-33-13-11-12-16-39(33)46(5,6)41(34)28-32/h9-28H,1-8H3. The van der Waals surface area contributed by atoms with E-state index in [1.165, 1.54) is 66.6 Å². The topological polar surface area (TPSA) is 9.23 Å². The quantitative estimate of drug-likeness (QED) is 0.184. The first kappa shape index (κ1) is 30.2. The fourth-order valence-electron chi connectivity index (χ4n) is 9.18. The summed E-state index contributed by atoms with van der Waals surface area (Å²) in [6.45, 7) is 18.5. The summed E-state index contributed by atoms with van der Waals surface area (Å²) < 4.78 is 7.69. The number of hydrogen-bond acceptors (Lipinski definition) is 1. The van der Waals surface area contributed by atoms with Gasteiger partial charge in [0.25, 0.3) is 0 Å². The molecule has 1 nitrogen and oxygen atoms in total. The number of fused-ring (bicyclic) bond motifs is 11. The minimum atomic E-state index is -0.813. The molecule has 0 aromatic heterocycles. The Morgan fingerprint density at radius 3 is 1.96 bits per heavy atom. The number of hydrogen-bond donors (Lipinski definition) is 0. The van der Waals surface area contributed by atoms with Crippen molar-refractivity contribution in [3.05, 3.63) is 165 Å². The molecule has 9 rings (SSSR count). The van der Waals surface area contributed by atoms with Crippen LogP contribution in [0.3, 0.4) is 0 Å². The van der Waals surface area contributed by atoms with Crippen molar-refractivity contribution in [1.29, 1.82) is 0 Å². The van der Waals surface area contributed by atoms with E-state index in [9.17, 15) is 0 Å². The molecule has 0 bridgehead atoms. The minimum Gasteiger partial charge on any atom is -0.472 e. The molecule has 1 heterocycles. The third-order valence-electron chi connectivity index (χ3n) is 11.9. The van der Waals surface area contributed by atoms with Crippen molar-refractivity contribution in [2.24, 2.45) is 0 Å². The van der Waals surface area contributed by atoms with Crippen LogP contribution in [-0.4, -0.2) is 0 Å². The SMILES string of the molecule is Cc1ccc2c(c1)C(C)(C)c1c3c(c4ccccc4c1-2)OC(c1ccc(C(C)(C)C)cc1)(c1ccc2c(c1)C(C)(C)c1ccccc1-2)C=C3. The van der Waals surface area contributed by atoms with E-state index in [1.54, 1.807) is 0 Å². The third-order valence-corrected chi connectivity index (χ3v) is 11.9. The van der Waals surface area contributed by atoms with E-state index in [-0.39, 0.29) is 16.2 Å². The Balaban J connectivity index is 1.31. The molecule has 3 aliphatic rings. The lowest BCUT2D eigenvalue weighted by Crippen LogP contribution is -2.35. The Morgan fingerprint density at radius 1 is 0.571 bits per heavy atom. The van der Waals surface area contributed by atoms with Crippen LogP contribution in [-0.2, 0) is 21.8 Å². The van der Waals surface area contributed by atoms with Crippen LogP contribution >= 0.6 is 0 Å². The number of ether oxygens (including phenoxy) is 1. The molecule has 0 N–H and O–H groups in total. The maximum atomic E-state index is 7.69. The van der Waals surface area contributed by atoms with Gasteiger partial charge in [0.2, 0.25) is 0 Å². The van der Waals surface area contributed by atoms with E-state index in [0.29, 0.717) is 0 Å². The summed E-state index contributed by atoms with van der Waals surface area (Å²) >= 11 is 0. The van der Waals surface area contributed by atoms with E-state index in [2.05, 4.69) is 177 Å². The van der Waals surface area contributed by atoms with Crippen molar-refractivity contribution in [2.75, 3.05) is 0 Å². The van der Waals surface area contributed by atoms with Crippen LogP contribution in [0.4, 0.5) is 0 Å². The van der Waals surface area contributed by atoms with Gasteiger partial charge in [0, 0.05) is 32.9 Å². The van der Waals surface area contributed by atoms with Crippen LogP contribution in [0.2, 0.25) is 0 Å². The Kier molecular flexibility index (Phi) is 6.07. The lowest BCUT2D eigenvalue weighted by Gasteiger charge is -2.39. The highest BCUT2D eigenvalue weighted by Gasteiger charge is 2.45. The smallest absolute Gasteiger partial charge is 0.178 e. The van der Waals surface area contributed by atoms with Gasteiger partial charge in [-0.15, -0.1) is 0 Å². The van der Waals surface area contributed by atoms with Gasteiger partial charge in [-0.1, -0.05) is 163 Å². The molecular formula is C48H44O. The highest BCUT2D eigenvalue weighted by atomic mass is 16.5. The zero-order valence-electron chi connectivity index (χ0n) is 30.0. The maximum Gasteiger partial charge on any atom is 0.178 e. The first-order valence-corrected chi connectivity index (χ1v) is 17.8. The summed E-state index contributed by atoms with van der Waals surface area (Å²) in [5, 5.41) is 2.42. The number of aryl methyl sites for hydroxylation is 1. The van der Waals surface area contributed by atoms with Gasteiger partial charge in [0.1, 0.15) is 5.75 Å². The Morgan fingerprint density at radius 2 is 1.20 bits per heavy atom. The predicted molar refractivity (Wildman–Crippen MR) is 206 cm³/mol. The summed E-state index contributed by atoms with van der Waals surface area (Å²) in [6.07, 6.45) is 4.73. The lowest BCUT2D eigenvalue weighted by atomic mass is 9.75. The van der Waals surface area contributed by atoms with Crippen LogP contribution in [0, 0.1) is 6.92 Å². The van der Waals surface area contributed by atoms with Gasteiger partial charge in [-0.05, 0) is 79.9 Å². The second-order valence-electron chi connectivity index (χ2n) is 16.6. The molecule has 2 aliphatic carbocycles. The van der Waals surface area contributed by atoms with Gasteiger partial charge < -0.3 is 4.74 Å². The normalized spacial score (nSPS) is 19.1. The third kappa shape index (κ3) is 4.05. The second-order valence-corrected chi connectivity index (χ2v) is 16.6. The van der Waals surface area contributed by atoms with Crippen LogP contribution in [0.1, 0.15) is 98.5 Å². The molecule has 1 unspecified atom stereocenters. The van der Waals surface area contributed by atoms with Gasteiger partial charge in [0.05, 0.1) is 0 Å². The van der Waals surface area contributed by atoms with Crippen LogP contribution in [0.25, 0.3) is 39.1 Å². The van der Waals surface area contributed by atoms with Crippen molar-refractivity contribution in [2.45, 2.75) is 77.2 Å². The number of benzene rings is 6. The van der Waals surface area contributed by atoms with E-state index < -0.39 is 5.60 Å². The minimum absolute atomic E-state index is 0.0562. The molecule has 0 spiro atoms. The van der Waals surface area contributed by atoms with Gasteiger partial charge in [-0.25, -0.2) is 0 Å². The van der Waals surface area contributed by atoms with Crippen LogP contribution in [0.5, 0.6) is 5.75 Å². The molecule has 0 saturated heterocycles. The van der Waals surface area contributed by atoms with Crippen LogP contribution in [0.15, 0.2) is 115 Å². The van der Waals surface area contributed by atoms with Gasteiger partial charge in [-0.2, -0.15) is 0 Å². The molecule has 0 saturated carbocycles. The molecule has 1 aliphatic heterocycles. The molecule has 0 radical (unpaired) electrons. The molecule has 6 aromatic carbocycles. The fourth-order valence-corrected chi connectivity index (χ4v) is 9.18. The maximum absolute atomic E-state index is 7.69. The van der Waals surface area contributed by atoms with E-state index in [1.807, 2.05) is 0 Å². The summed E-state index contributed by atoms with van der Waals surface area (Å²) in [7, 11) is 0. The summed E-state index contributed by atoms with van der Waals surface area (Å²) in [5.74, 6) is 0.970. The first-order chi connectivity index (χ1) is 23.3. The zero-order chi connectivity index (χ0) is 34.1. The Hall–Kier alpha value is -4.88. The molecule has 49 heavy (non-hydrogen) atoms. The van der Waals surface area contributed by atoms with Crippen molar-refractivity contribution in [3.8, 4) is 28.0 Å². The average Bonchev–Trinajstić information content (AvgIpc) is 3.47. The molecule has 0 amide bonds. The van der Waals surface area contributed by atoms with E-state index in [0.717, 1.165) is 22.3 Å². The monoisotopic (exact) mass is 636 g/mol. The lowest BCUT2D eigenvalue weighted by molar-refractivity contribution is 0.163. The molecule has 0 fully saturated rings. The second kappa shape index (κ2) is 9.85. The highest BCUT2D eigenvalue weighted by molar-refractivity contribution is 6.08. The van der Waals surface area contributed by atoms with Gasteiger partial charge in [0.15, 0.2) is 5.60 Å². The number of rotatable bonds is 2. The first-order valence-electron chi connectivity index (χ1n) is 17.8. The predicted octanol–water partition coefficient (Wildman–Crippen LogP) is 12.4. The molecular weight excluding hydrogens is 593 g/mol. The van der Waals surface area contributed by atoms with Crippen molar-refractivity contribution < 1.29 is 4.74 Å². The molecule has 6 aromatic rings. The van der Waals surface area contributed by atoms with Gasteiger partial charge >= 0.3 is 0 Å². The van der Waals surface area contributed by atoms with Crippen molar-refractivity contribution >= 4 is 16.8 Å². The Labute approximate surface area is 291 Å². The van der Waals surface area contributed by atoms with Crippen molar-refractivity contribution in [1.82, 2.24) is 0 Å². The largest absolute Gasteiger partial charge is 0.472 e. The average molecular weight is 637 g/mol. The van der Waals surface area contributed by atoms with Crippen LogP contribution < -0.4 is 4.74 Å². The summed E-state index contributed by atoms with van der Waals surface area (Å²) in [4.78, 5) is 0. The Bertz CT molecular complexity index is 2390.